The molecule has 0 aromatic heterocycles. The highest BCUT2D eigenvalue weighted by Crippen LogP contribution is 2.41. The molecule has 1 heterocycles. The van der Waals surface area contributed by atoms with Gasteiger partial charge in [-0.25, -0.2) is 0 Å². The molecule has 4 rings (SSSR count). The second-order valence-corrected chi connectivity index (χ2v) is 11.3. The molecule has 3 N–H and O–H groups in total. The first kappa shape index (κ1) is 14.9. The van der Waals surface area contributed by atoms with Crippen LogP contribution in [-0.4, -0.2) is 13.8 Å². The monoisotopic (exact) mass is 328 g/mol. The van der Waals surface area contributed by atoms with Gasteiger partial charge in [-0.1, -0.05) is 55.6 Å². The van der Waals surface area contributed by atoms with Gasteiger partial charge in [-0.05, 0) is 56.9 Å². The zero-order chi connectivity index (χ0) is 16.9. The molecule has 2 aliphatic rings. The van der Waals surface area contributed by atoms with Crippen molar-refractivity contribution in [1.82, 2.24) is 0 Å². The molecule has 118 valence electrons. The molecule has 0 saturated carbocycles. The van der Waals surface area contributed by atoms with Gasteiger partial charge in [0.25, 0.3) is 0 Å². The second-order valence-electron chi connectivity index (χ2n) is 6.93. The summed E-state index contributed by atoms with van der Waals surface area (Å²) in [7, 11) is -1.89. The molecule has 24 heavy (non-hydrogen) atoms. The number of nitrogen functional groups attached to an aromatic ring is 1. The Hall–Kier alpha value is -2.65. The van der Waals surface area contributed by atoms with E-state index in [1.54, 1.807) is 0 Å². The van der Waals surface area contributed by atoms with E-state index in [1.807, 2.05) is 18.2 Å². The molecule has 0 spiro atoms. The van der Waals surface area contributed by atoms with Crippen molar-refractivity contribution >= 4 is 30.2 Å². The third kappa shape index (κ3) is 2.13. The predicted octanol–water partition coefficient (Wildman–Crippen LogP) is 4.05. The van der Waals surface area contributed by atoms with Crippen molar-refractivity contribution in [2.75, 3.05) is 5.73 Å². The Morgan fingerprint density at radius 1 is 0.958 bits per heavy atom. The number of rotatable bonds is 1. The molecule has 0 saturated heterocycles. The lowest BCUT2D eigenvalue weighted by Gasteiger charge is -2.37. The highest BCUT2D eigenvalue weighted by molar-refractivity contribution is 6.98. The number of anilines is 1. The second kappa shape index (κ2) is 5.18. The smallest absolute Gasteiger partial charge is 0.114 e. The van der Waals surface area contributed by atoms with Crippen LogP contribution in [0.5, 0.6) is 0 Å². The van der Waals surface area contributed by atoms with E-state index in [1.165, 1.54) is 32.7 Å². The van der Waals surface area contributed by atoms with Crippen LogP contribution in [0.4, 0.5) is 5.69 Å². The molecule has 1 aliphatic heterocycles. The number of allylic oxidation sites excluding steroid dienone is 5. The molecular weight excluding hydrogens is 308 g/mol. The summed E-state index contributed by atoms with van der Waals surface area (Å²) in [6.07, 6.45) is 6.07. The quantitative estimate of drug-likeness (QED) is 0.602. The van der Waals surface area contributed by atoms with Gasteiger partial charge in [0.1, 0.15) is 8.07 Å². The third-order valence-electron chi connectivity index (χ3n) is 5.01. The largest absolute Gasteiger partial charge is 0.399 e. The SMILES string of the molecule is C[Si]1(C)C2=CC(=N)C=CC2=C(c2ccccc2)c2ccc(N)cc21. The zero-order valence-electron chi connectivity index (χ0n) is 13.9. The highest BCUT2D eigenvalue weighted by Gasteiger charge is 2.39. The summed E-state index contributed by atoms with van der Waals surface area (Å²) >= 11 is 0. The molecule has 1 aliphatic carbocycles. The summed E-state index contributed by atoms with van der Waals surface area (Å²) in [4.78, 5) is 0. The molecular formula is C21H20N2Si. The van der Waals surface area contributed by atoms with Gasteiger partial charge < -0.3 is 11.1 Å². The van der Waals surface area contributed by atoms with E-state index in [0.29, 0.717) is 5.71 Å². The first-order valence-electron chi connectivity index (χ1n) is 8.18. The van der Waals surface area contributed by atoms with Crippen molar-refractivity contribution in [1.29, 1.82) is 5.41 Å². The molecule has 2 aromatic rings. The molecule has 2 nitrogen and oxygen atoms in total. The Bertz CT molecular complexity index is 947. The van der Waals surface area contributed by atoms with Crippen molar-refractivity contribution in [3.05, 3.63) is 88.7 Å². The summed E-state index contributed by atoms with van der Waals surface area (Å²) in [5, 5.41) is 10.8. The number of benzene rings is 2. The number of fused-ring (bicyclic) bond motifs is 2. The van der Waals surface area contributed by atoms with E-state index < -0.39 is 8.07 Å². The van der Waals surface area contributed by atoms with Crippen LogP contribution in [0.15, 0.2) is 77.5 Å². The lowest BCUT2D eigenvalue weighted by molar-refractivity contribution is 1.43. The van der Waals surface area contributed by atoms with Gasteiger partial charge in [-0.2, -0.15) is 0 Å². The maximum absolute atomic E-state index is 8.10. The summed E-state index contributed by atoms with van der Waals surface area (Å²) in [6.45, 7) is 4.70. The Kier molecular flexibility index (Phi) is 3.22. The van der Waals surface area contributed by atoms with E-state index in [2.05, 4.69) is 61.6 Å². The molecule has 2 aromatic carbocycles. The Morgan fingerprint density at radius 2 is 1.71 bits per heavy atom. The fourth-order valence-electron chi connectivity index (χ4n) is 3.78. The molecule has 0 bridgehead atoms. The molecule has 0 fully saturated rings. The van der Waals surface area contributed by atoms with Gasteiger partial charge >= 0.3 is 0 Å². The van der Waals surface area contributed by atoms with Gasteiger partial charge in [-0.15, -0.1) is 0 Å². The van der Waals surface area contributed by atoms with Crippen LogP contribution in [0.1, 0.15) is 11.1 Å². The van der Waals surface area contributed by atoms with Crippen LogP contribution in [-0.2, 0) is 0 Å². The third-order valence-corrected chi connectivity index (χ3v) is 8.53. The molecule has 3 heteroatoms. The Morgan fingerprint density at radius 3 is 2.46 bits per heavy atom. The number of nitrogens with one attached hydrogen (secondary N) is 1. The maximum Gasteiger partial charge on any atom is 0.114 e. The van der Waals surface area contributed by atoms with Crippen LogP contribution in [0.25, 0.3) is 5.57 Å². The average Bonchev–Trinajstić information content (AvgIpc) is 2.57. The van der Waals surface area contributed by atoms with Gasteiger partial charge in [0, 0.05) is 5.69 Å². The van der Waals surface area contributed by atoms with Crippen LogP contribution in [0.3, 0.4) is 0 Å². The summed E-state index contributed by atoms with van der Waals surface area (Å²) < 4.78 is 0. The van der Waals surface area contributed by atoms with E-state index in [9.17, 15) is 0 Å². The van der Waals surface area contributed by atoms with Crippen molar-refractivity contribution in [2.45, 2.75) is 13.1 Å². The van der Waals surface area contributed by atoms with Gasteiger partial charge in [0.15, 0.2) is 0 Å². The normalized spacial score (nSPS) is 18.1. The summed E-state index contributed by atoms with van der Waals surface area (Å²) in [6, 6.07) is 16.8. The minimum atomic E-state index is -1.89. The minimum absolute atomic E-state index is 0.578. The zero-order valence-corrected chi connectivity index (χ0v) is 14.9. The molecule has 0 unspecified atom stereocenters. The summed E-state index contributed by atoms with van der Waals surface area (Å²) in [5.41, 5.74) is 12.5. The van der Waals surface area contributed by atoms with Gasteiger partial charge in [-0.3, -0.25) is 0 Å². The number of hydrogen-bond donors (Lipinski definition) is 2. The van der Waals surface area contributed by atoms with Crippen LogP contribution >= 0.6 is 0 Å². The molecule has 0 amide bonds. The standard InChI is InChI=1S/C21H20N2Si/c1-24(2)19-12-15(22)8-10-17(19)21(14-6-4-3-5-7-14)18-11-9-16(23)13-20(18)24/h3-13,22H,23H2,1-2H3. The Balaban J connectivity index is 2.12. The van der Waals surface area contributed by atoms with Crippen LogP contribution in [0.2, 0.25) is 13.1 Å². The highest BCUT2D eigenvalue weighted by atomic mass is 28.3. The maximum atomic E-state index is 8.10. The van der Waals surface area contributed by atoms with Crippen molar-refractivity contribution in [3.63, 3.8) is 0 Å². The fourth-order valence-corrected chi connectivity index (χ4v) is 6.88. The average molecular weight is 328 g/mol. The predicted molar refractivity (Wildman–Crippen MR) is 105 cm³/mol. The van der Waals surface area contributed by atoms with E-state index >= 15 is 0 Å². The summed E-state index contributed by atoms with van der Waals surface area (Å²) in [5.74, 6) is 0. The first-order valence-corrected chi connectivity index (χ1v) is 11.2. The first-order chi connectivity index (χ1) is 11.5. The number of hydrogen-bond acceptors (Lipinski definition) is 2. The molecule has 0 atom stereocenters. The van der Waals surface area contributed by atoms with E-state index in [0.717, 1.165) is 5.69 Å². The minimum Gasteiger partial charge on any atom is -0.399 e. The van der Waals surface area contributed by atoms with Crippen LogP contribution in [0, 0.1) is 5.41 Å². The van der Waals surface area contributed by atoms with Gasteiger partial charge in [0.2, 0.25) is 0 Å². The van der Waals surface area contributed by atoms with Crippen molar-refractivity contribution in [3.8, 4) is 0 Å². The van der Waals surface area contributed by atoms with E-state index in [-0.39, 0.29) is 0 Å². The Labute approximate surface area is 143 Å². The van der Waals surface area contributed by atoms with E-state index in [4.69, 9.17) is 11.1 Å². The van der Waals surface area contributed by atoms with Gasteiger partial charge in [0.05, 0.1) is 5.71 Å². The molecule has 0 radical (unpaired) electrons. The fraction of sp³-hybridized carbons (Fsp3) is 0.0952. The lowest BCUT2D eigenvalue weighted by atomic mass is 9.90. The van der Waals surface area contributed by atoms with Crippen LogP contribution < -0.4 is 10.9 Å². The lowest BCUT2D eigenvalue weighted by Crippen LogP contribution is -2.49. The topological polar surface area (TPSA) is 49.9 Å². The van der Waals surface area contributed by atoms with Crippen molar-refractivity contribution in [2.24, 2.45) is 0 Å². The van der Waals surface area contributed by atoms with Crippen molar-refractivity contribution < 1.29 is 0 Å². The number of nitrogens with two attached hydrogens (primary N) is 1.